The zero-order chi connectivity index (χ0) is 32.3. The van der Waals surface area contributed by atoms with Crippen molar-refractivity contribution in [3.05, 3.63) is 67.7 Å². The largest absolute Gasteiger partial charge is 0.479 e. The number of benzene rings is 1. The number of terminal acetylenes is 1. The number of hydrogen-bond acceptors (Lipinski definition) is 8. The van der Waals surface area contributed by atoms with E-state index in [1.54, 1.807) is 19.2 Å². The van der Waals surface area contributed by atoms with Crippen molar-refractivity contribution in [2.24, 2.45) is 10.9 Å². The van der Waals surface area contributed by atoms with Crippen LogP contribution in [0.3, 0.4) is 0 Å². The van der Waals surface area contributed by atoms with Crippen molar-refractivity contribution in [2.75, 3.05) is 6.61 Å². The lowest BCUT2D eigenvalue weighted by molar-refractivity contribution is -0.124. The summed E-state index contributed by atoms with van der Waals surface area (Å²) in [5.74, 6) is 1.23. The van der Waals surface area contributed by atoms with Gasteiger partial charge in [-0.3, -0.25) is 9.78 Å². The average molecular weight is 631 g/mol. The van der Waals surface area contributed by atoms with Gasteiger partial charge in [-0.2, -0.15) is 4.68 Å². The molecule has 0 radical (unpaired) electrons. The van der Waals surface area contributed by atoms with Crippen molar-refractivity contribution >= 4 is 40.9 Å². The lowest BCUT2D eigenvalue weighted by atomic mass is 9.89. The van der Waals surface area contributed by atoms with Crippen LogP contribution in [-0.4, -0.2) is 49.7 Å². The van der Waals surface area contributed by atoms with Crippen LogP contribution < -0.4 is 15.8 Å². The molecule has 1 aliphatic heterocycles. The van der Waals surface area contributed by atoms with E-state index in [9.17, 15) is 19.5 Å². The van der Waals surface area contributed by atoms with Gasteiger partial charge in [-0.15, -0.1) is 11.5 Å². The fourth-order valence-electron chi connectivity index (χ4n) is 3.75. The van der Waals surface area contributed by atoms with E-state index in [-0.39, 0.29) is 45.6 Å². The number of aryl methyl sites for hydroxylation is 1. The third-order valence-electron chi connectivity index (χ3n) is 6.70. The maximum absolute atomic E-state index is 12.1. The number of pyridine rings is 1. The summed E-state index contributed by atoms with van der Waals surface area (Å²) in [5, 5.41) is 16.7. The molecule has 2 aromatic heterocycles. The topological polar surface area (TPSA) is 149 Å². The minimum Gasteiger partial charge on any atom is -0.479 e. The molecule has 3 aromatic rings. The summed E-state index contributed by atoms with van der Waals surface area (Å²) in [4.78, 5) is 44.1. The van der Waals surface area contributed by atoms with Crippen LogP contribution in [0.5, 0.6) is 5.75 Å². The molecular formula is C30H33Cl2N5O6. The molecule has 0 spiro atoms. The molecule has 0 saturated heterocycles. The van der Waals surface area contributed by atoms with E-state index >= 15 is 0 Å². The maximum Gasteiger partial charge on any atom is 0.442 e. The van der Waals surface area contributed by atoms with Crippen molar-refractivity contribution < 1.29 is 23.8 Å². The van der Waals surface area contributed by atoms with Crippen molar-refractivity contribution in [1.29, 1.82) is 0 Å². The Balaban J connectivity index is 0.000000236. The second-order valence-electron chi connectivity index (χ2n) is 11.2. The zero-order valence-electron chi connectivity index (χ0n) is 24.9. The van der Waals surface area contributed by atoms with E-state index in [0.717, 1.165) is 10.2 Å². The maximum atomic E-state index is 12.1. The molecule has 0 fully saturated rings. The molecule has 0 aliphatic carbocycles. The second kappa shape index (κ2) is 13.0. The number of aromatic carboxylic acids is 1. The normalized spacial score (nSPS) is 16.2. The van der Waals surface area contributed by atoms with E-state index in [4.69, 9.17) is 38.8 Å². The number of carboxylic acids is 1. The van der Waals surface area contributed by atoms with Crippen LogP contribution in [0, 0.1) is 18.3 Å². The number of carbonyl (C=O) groups excluding carboxylic acids is 1. The van der Waals surface area contributed by atoms with E-state index < -0.39 is 22.7 Å². The molecule has 43 heavy (non-hydrogen) atoms. The fourth-order valence-corrected chi connectivity index (χ4v) is 4.26. The Morgan fingerprint density at radius 2 is 1.91 bits per heavy atom. The number of nitrogens with zero attached hydrogens (tertiary/aromatic N) is 4. The fraction of sp³-hybridized carbons (Fsp3) is 0.400. The molecule has 3 heterocycles. The Hall–Kier alpha value is -4.14. The van der Waals surface area contributed by atoms with E-state index in [1.165, 1.54) is 12.1 Å². The summed E-state index contributed by atoms with van der Waals surface area (Å²) in [6.07, 6.45) is 7.46. The van der Waals surface area contributed by atoms with Gasteiger partial charge in [0.25, 0.3) is 5.91 Å². The van der Waals surface area contributed by atoms with Crippen LogP contribution in [-0.2, 0) is 16.6 Å². The van der Waals surface area contributed by atoms with Gasteiger partial charge < -0.3 is 19.6 Å². The summed E-state index contributed by atoms with van der Waals surface area (Å²) >= 11 is 12.2. The molecule has 0 saturated carbocycles. The Morgan fingerprint density at radius 1 is 1.23 bits per heavy atom. The van der Waals surface area contributed by atoms with Gasteiger partial charge in [-0.05, 0) is 37.0 Å². The van der Waals surface area contributed by atoms with Crippen molar-refractivity contribution in [1.82, 2.24) is 20.1 Å². The van der Waals surface area contributed by atoms with Gasteiger partial charge in [-0.1, -0.05) is 70.7 Å². The molecule has 0 bridgehead atoms. The highest BCUT2D eigenvalue weighted by Crippen LogP contribution is 2.33. The number of rotatable bonds is 7. The summed E-state index contributed by atoms with van der Waals surface area (Å²) in [5.41, 5.74) is 0.0938. The first-order valence-electron chi connectivity index (χ1n) is 13.3. The smallest absolute Gasteiger partial charge is 0.442 e. The number of amides is 1. The number of amidine groups is 1. The molecule has 1 aromatic carbocycles. The molecule has 11 nitrogen and oxygen atoms in total. The minimum absolute atomic E-state index is 0.00167. The number of carboxylic acid groups (broad SMARTS) is 1. The zero-order valence-corrected chi connectivity index (χ0v) is 26.4. The van der Waals surface area contributed by atoms with Gasteiger partial charge in [0.2, 0.25) is 5.89 Å². The summed E-state index contributed by atoms with van der Waals surface area (Å²) in [6.45, 7) is 13.2. The van der Waals surface area contributed by atoms with Crippen LogP contribution in [0.2, 0.25) is 10.0 Å². The summed E-state index contributed by atoms with van der Waals surface area (Å²) in [7, 11) is 0. The first kappa shape index (κ1) is 33.4. The summed E-state index contributed by atoms with van der Waals surface area (Å²) < 4.78 is 11.6. The van der Waals surface area contributed by atoms with Gasteiger partial charge in [0.1, 0.15) is 23.6 Å². The van der Waals surface area contributed by atoms with Gasteiger partial charge in [0.15, 0.2) is 5.84 Å². The third-order valence-corrected chi connectivity index (χ3v) is 7.30. The van der Waals surface area contributed by atoms with Crippen LogP contribution in [0.25, 0.3) is 5.69 Å². The Kier molecular flexibility index (Phi) is 10.1. The number of aromatic nitrogens is 3. The highest BCUT2D eigenvalue weighted by Gasteiger charge is 2.43. The highest BCUT2D eigenvalue weighted by atomic mass is 35.5. The van der Waals surface area contributed by atoms with Crippen LogP contribution in [0.15, 0.2) is 38.6 Å². The molecule has 1 amide bonds. The molecule has 1 unspecified atom stereocenters. The summed E-state index contributed by atoms with van der Waals surface area (Å²) in [6, 6.07) is 4.53. The molecule has 13 heteroatoms. The van der Waals surface area contributed by atoms with Gasteiger partial charge >= 0.3 is 11.7 Å². The van der Waals surface area contributed by atoms with Gasteiger partial charge in [0.05, 0.1) is 21.3 Å². The number of hydrogen-bond donors (Lipinski definition) is 2. The number of ether oxygens (including phenoxy) is 1. The highest BCUT2D eigenvalue weighted by molar-refractivity contribution is 6.36. The molecular weight excluding hydrogens is 597 g/mol. The quantitative estimate of drug-likeness (QED) is 0.344. The standard InChI is InChI=1S/C15H14Cl2N2O3.C15H19N3O3/c1-5-6-21-12-8-11(9(16)7-10(12)17)19-14(20)22-13(18-19)15(2,3)4;1-5-9-6-10(13(19)20)11(16-7-9)12-17-14(21)15(4,18-12)8(2)3/h1,7-8H,6H2,2-4H3;6-8H,5H2,1-4H3,(H,19,20)(H,17,18,21). The van der Waals surface area contributed by atoms with E-state index in [2.05, 4.69) is 26.3 Å². The Morgan fingerprint density at radius 3 is 2.42 bits per heavy atom. The molecule has 4 rings (SSSR count). The van der Waals surface area contributed by atoms with E-state index in [0.29, 0.717) is 23.7 Å². The SMILES string of the molecule is C#CCOc1cc(-n2nc(C(C)(C)C)oc2=O)c(Cl)cc1Cl.CCc1cnc(C2=NC(C)(C(C)C)C(=O)N2)c(C(=O)O)c1. The Bertz CT molecular complexity index is 1680. The van der Waals surface area contributed by atoms with Crippen LogP contribution >= 0.6 is 23.2 Å². The second-order valence-corrected chi connectivity index (χ2v) is 12.0. The number of nitrogens with one attached hydrogen (secondary N) is 1. The van der Waals surface area contributed by atoms with E-state index in [1.807, 2.05) is 41.5 Å². The molecule has 1 atom stereocenters. The predicted octanol–water partition coefficient (Wildman–Crippen LogP) is 5.08. The van der Waals surface area contributed by atoms with Gasteiger partial charge in [0, 0.05) is 17.7 Å². The predicted molar refractivity (Wildman–Crippen MR) is 164 cm³/mol. The number of aliphatic imine (C=N–C) groups is 1. The molecule has 228 valence electrons. The monoisotopic (exact) mass is 629 g/mol. The third kappa shape index (κ3) is 7.27. The first-order valence-corrected chi connectivity index (χ1v) is 14.1. The Labute approximate surface area is 259 Å². The number of carbonyl (C=O) groups is 2. The first-order chi connectivity index (χ1) is 20.0. The number of halogens is 2. The van der Waals surface area contributed by atoms with Crippen molar-refractivity contribution in [2.45, 2.75) is 65.8 Å². The lowest BCUT2D eigenvalue weighted by Gasteiger charge is -2.21. The molecule has 1 aliphatic rings. The minimum atomic E-state index is -1.08. The van der Waals surface area contributed by atoms with Gasteiger partial charge in [-0.25, -0.2) is 14.6 Å². The van der Waals surface area contributed by atoms with Crippen molar-refractivity contribution in [3.8, 4) is 23.8 Å². The van der Waals surface area contributed by atoms with Crippen LogP contribution in [0.4, 0.5) is 0 Å². The molecule has 2 N–H and O–H groups in total. The lowest BCUT2D eigenvalue weighted by Crippen LogP contribution is -2.41. The van der Waals surface area contributed by atoms with Crippen molar-refractivity contribution in [3.63, 3.8) is 0 Å². The average Bonchev–Trinajstić information content (AvgIpc) is 3.48. The van der Waals surface area contributed by atoms with Crippen LogP contribution in [0.1, 0.15) is 76.0 Å².